The molecule has 0 spiro atoms. The summed E-state index contributed by atoms with van der Waals surface area (Å²) in [7, 11) is 0. The van der Waals surface area contributed by atoms with E-state index in [1.807, 2.05) is 25.1 Å². The van der Waals surface area contributed by atoms with Gasteiger partial charge in [-0.15, -0.1) is 0 Å². The standard InChI is InChI=1S/C24H26BrO2P/c1-2-27-24(26)19-12-20-28(25,21-13-6-3-7-14-21,22-15-8-4-9-16-22)23-17-10-5-11-18-23/h3-11,13-18H,2,12,19-20H2,1H3. The third-order valence-corrected chi connectivity index (χ3v) is 15.2. The summed E-state index contributed by atoms with van der Waals surface area (Å²) in [5.74, 6) is -0.130. The van der Waals surface area contributed by atoms with Gasteiger partial charge in [0, 0.05) is 0 Å². The van der Waals surface area contributed by atoms with Crippen LogP contribution in [0.25, 0.3) is 0 Å². The zero-order chi connectivity index (χ0) is 19.9. The average Bonchev–Trinajstić information content (AvgIpc) is 2.76. The van der Waals surface area contributed by atoms with Gasteiger partial charge in [0.15, 0.2) is 0 Å². The minimum absolute atomic E-state index is 0.130. The van der Waals surface area contributed by atoms with Gasteiger partial charge in [0.1, 0.15) is 0 Å². The molecule has 0 aliphatic rings. The third kappa shape index (κ3) is 3.92. The number of halogens is 1. The second-order valence-electron chi connectivity index (χ2n) is 6.82. The molecule has 2 nitrogen and oxygen atoms in total. The second-order valence-corrected chi connectivity index (χ2v) is 15.9. The Morgan fingerprint density at radius 1 is 0.786 bits per heavy atom. The number of rotatable bonds is 8. The van der Waals surface area contributed by atoms with Crippen molar-refractivity contribution in [3.05, 3.63) is 91.0 Å². The molecule has 0 fully saturated rings. The first-order valence-corrected chi connectivity index (χ1v) is 14.1. The van der Waals surface area contributed by atoms with Gasteiger partial charge in [0.25, 0.3) is 0 Å². The molecule has 0 amide bonds. The van der Waals surface area contributed by atoms with Crippen molar-refractivity contribution in [2.45, 2.75) is 19.8 Å². The van der Waals surface area contributed by atoms with E-state index in [1.54, 1.807) is 0 Å². The molecular formula is C24H26BrO2P. The second kappa shape index (κ2) is 9.03. The van der Waals surface area contributed by atoms with Crippen LogP contribution in [0.2, 0.25) is 0 Å². The molecule has 4 heteroatoms. The van der Waals surface area contributed by atoms with Gasteiger partial charge in [0.05, 0.1) is 0 Å². The zero-order valence-corrected chi connectivity index (χ0v) is 18.6. The Hall–Kier alpha value is -1.96. The van der Waals surface area contributed by atoms with Gasteiger partial charge in [-0.05, 0) is 0 Å². The molecule has 0 bridgehead atoms. The zero-order valence-electron chi connectivity index (χ0n) is 16.1. The minimum atomic E-state index is -2.92. The fraction of sp³-hybridized carbons (Fsp3) is 0.208. The number of esters is 1. The van der Waals surface area contributed by atoms with E-state index in [9.17, 15) is 4.79 Å². The van der Waals surface area contributed by atoms with Gasteiger partial charge in [-0.3, -0.25) is 0 Å². The molecule has 0 radical (unpaired) electrons. The summed E-state index contributed by atoms with van der Waals surface area (Å²) in [6, 6.07) is 31.9. The van der Waals surface area contributed by atoms with Crippen LogP contribution in [0, 0.1) is 0 Å². The summed E-state index contributed by atoms with van der Waals surface area (Å²) < 4.78 is 5.17. The topological polar surface area (TPSA) is 26.3 Å². The fourth-order valence-corrected chi connectivity index (χ4v) is 11.5. The van der Waals surface area contributed by atoms with Crippen molar-refractivity contribution < 1.29 is 9.53 Å². The Labute approximate surface area is 175 Å². The van der Waals surface area contributed by atoms with E-state index in [4.69, 9.17) is 4.74 Å². The van der Waals surface area contributed by atoms with Crippen molar-refractivity contribution >= 4 is 42.7 Å². The van der Waals surface area contributed by atoms with Crippen LogP contribution in [0.3, 0.4) is 0 Å². The Kier molecular flexibility index (Phi) is 6.69. The van der Waals surface area contributed by atoms with Crippen molar-refractivity contribution in [1.29, 1.82) is 0 Å². The number of carbonyl (C=O) groups is 1. The normalized spacial score (nSPS) is 12.7. The molecule has 0 unspecified atom stereocenters. The van der Waals surface area contributed by atoms with Gasteiger partial charge in [-0.2, -0.15) is 0 Å². The van der Waals surface area contributed by atoms with Gasteiger partial charge in [0.2, 0.25) is 0 Å². The molecule has 28 heavy (non-hydrogen) atoms. The molecule has 3 aromatic carbocycles. The molecule has 0 heterocycles. The summed E-state index contributed by atoms with van der Waals surface area (Å²) in [4.78, 5) is 12.0. The predicted octanol–water partition coefficient (Wildman–Crippen LogP) is 5.17. The molecular weight excluding hydrogens is 431 g/mol. The number of hydrogen-bond acceptors (Lipinski definition) is 2. The van der Waals surface area contributed by atoms with E-state index in [1.165, 1.54) is 15.9 Å². The monoisotopic (exact) mass is 456 g/mol. The van der Waals surface area contributed by atoms with E-state index in [0.717, 1.165) is 12.6 Å². The quantitative estimate of drug-likeness (QED) is 0.345. The van der Waals surface area contributed by atoms with Crippen LogP contribution in [0.15, 0.2) is 91.0 Å². The van der Waals surface area contributed by atoms with E-state index >= 15 is 0 Å². The Bertz CT molecular complexity index is 798. The predicted molar refractivity (Wildman–Crippen MR) is 125 cm³/mol. The van der Waals surface area contributed by atoms with Crippen LogP contribution in [-0.4, -0.2) is 18.7 Å². The van der Waals surface area contributed by atoms with Crippen molar-refractivity contribution in [1.82, 2.24) is 0 Å². The Morgan fingerprint density at radius 2 is 1.18 bits per heavy atom. The molecule has 0 saturated heterocycles. The number of carbonyl (C=O) groups excluding carboxylic acids is 1. The number of benzene rings is 3. The summed E-state index contributed by atoms with van der Waals surface area (Å²) in [6.07, 6.45) is 2.02. The van der Waals surface area contributed by atoms with Crippen LogP contribution in [0.1, 0.15) is 19.8 Å². The molecule has 0 aliphatic heterocycles. The van der Waals surface area contributed by atoms with Crippen LogP contribution in [0.5, 0.6) is 0 Å². The molecule has 0 N–H and O–H groups in total. The van der Waals surface area contributed by atoms with Gasteiger partial charge < -0.3 is 0 Å². The average molecular weight is 457 g/mol. The molecule has 0 aliphatic carbocycles. The first-order chi connectivity index (χ1) is 13.6. The fourth-order valence-electron chi connectivity index (χ4n) is 3.80. The summed E-state index contributed by atoms with van der Waals surface area (Å²) in [6.45, 7) is 2.27. The van der Waals surface area contributed by atoms with Crippen LogP contribution in [-0.2, 0) is 9.53 Å². The first kappa shape index (κ1) is 20.8. The van der Waals surface area contributed by atoms with Crippen molar-refractivity contribution in [3.63, 3.8) is 0 Å². The van der Waals surface area contributed by atoms with Gasteiger partial charge in [-0.25, -0.2) is 0 Å². The van der Waals surface area contributed by atoms with E-state index in [-0.39, 0.29) is 5.97 Å². The molecule has 146 valence electrons. The third-order valence-electron chi connectivity index (χ3n) is 5.15. The maximum absolute atomic E-state index is 12.0. The summed E-state index contributed by atoms with van der Waals surface area (Å²) >= 11 is 4.39. The maximum atomic E-state index is 12.0. The van der Waals surface area contributed by atoms with E-state index in [0.29, 0.717) is 13.0 Å². The number of hydrogen-bond donors (Lipinski definition) is 0. The van der Waals surface area contributed by atoms with Crippen LogP contribution >= 0.6 is 20.8 Å². The molecule has 0 saturated carbocycles. The van der Waals surface area contributed by atoms with Gasteiger partial charge >= 0.3 is 176 Å². The van der Waals surface area contributed by atoms with E-state index < -0.39 is 5.31 Å². The Morgan fingerprint density at radius 3 is 1.54 bits per heavy atom. The molecule has 0 aromatic heterocycles. The van der Waals surface area contributed by atoms with Crippen LogP contribution < -0.4 is 15.9 Å². The van der Waals surface area contributed by atoms with Gasteiger partial charge in [-0.1, -0.05) is 0 Å². The van der Waals surface area contributed by atoms with Crippen LogP contribution in [0.4, 0.5) is 0 Å². The molecule has 0 atom stereocenters. The van der Waals surface area contributed by atoms with Crippen molar-refractivity contribution in [2.24, 2.45) is 0 Å². The first-order valence-electron chi connectivity index (χ1n) is 9.65. The molecule has 3 aromatic rings. The summed E-state index contributed by atoms with van der Waals surface area (Å²) in [5, 5.41) is 0.898. The number of ether oxygens (including phenoxy) is 1. The molecule has 3 rings (SSSR count). The van der Waals surface area contributed by atoms with E-state index in [2.05, 4.69) is 88.3 Å². The van der Waals surface area contributed by atoms with Crippen molar-refractivity contribution in [2.75, 3.05) is 12.8 Å². The SMILES string of the molecule is CCOC(=O)CCCP(Br)(c1ccccc1)(c1ccccc1)c1ccccc1. The Balaban J connectivity index is 2.17. The van der Waals surface area contributed by atoms with Crippen molar-refractivity contribution in [3.8, 4) is 0 Å². The summed E-state index contributed by atoms with van der Waals surface area (Å²) in [5.41, 5.74) is 0.